The fourth-order valence-corrected chi connectivity index (χ4v) is 2.34. The van der Waals surface area contributed by atoms with Crippen LogP contribution in [0.2, 0.25) is 5.02 Å². The zero-order chi connectivity index (χ0) is 12.4. The Bertz CT molecular complexity index is 526. The molecule has 2 N–H and O–H groups in total. The molecule has 0 spiro atoms. The maximum Gasteiger partial charge on any atom is 0.0845 e. The van der Waals surface area contributed by atoms with Crippen molar-refractivity contribution in [2.24, 2.45) is 12.8 Å². The average molecular weight is 316 g/mol. The van der Waals surface area contributed by atoms with Gasteiger partial charge in [-0.1, -0.05) is 32.7 Å². The van der Waals surface area contributed by atoms with Gasteiger partial charge in [-0.15, -0.1) is 5.10 Å². The first kappa shape index (κ1) is 12.5. The number of nitrogens with zero attached hydrogens (tertiary/aromatic N) is 3. The molecule has 0 aliphatic carbocycles. The van der Waals surface area contributed by atoms with Gasteiger partial charge in [-0.05, 0) is 23.8 Å². The van der Waals surface area contributed by atoms with Crippen molar-refractivity contribution in [3.63, 3.8) is 0 Å². The summed E-state index contributed by atoms with van der Waals surface area (Å²) >= 11 is 9.43. The second-order valence-corrected chi connectivity index (χ2v) is 5.15. The standard InChI is InChI=1S/C11H12BrClN4/c1-17-6-8(15-16-17)5-11(14)9-4-7(13)2-3-10(9)12/h2-4,6,11H,5,14H2,1H3. The van der Waals surface area contributed by atoms with E-state index in [2.05, 4.69) is 26.2 Å². The van der Waals surface area contributed by atoms with Gasteiger partial charge in [-0.3, -0.25) is 4.68 Å². The van der Waals surface area contributed by atoms with Crippen molar-refractivity contribution in [2.45, 2.75) is 12.5 Å². The highest BCUT2D eigenvalue weighted by atomic mass is 79.9. The summed E-state index contributed by atoms with van der Waals surface area (Å²) in [5.41, 5.74) is 7.98. The zero-order valence-corrected chi connectivity index (χ0v) is 11.6. The molecule has 17 heavy (non-hydrogen) atoms. The largest absolute Gasteiger partial charge is 0.324 e. The van der Waals surface area contributed by atoms with Crippen molar-refractivity contribution in [3.8, 4) is 0 Å². The van der Waals surface area contributed by atoms with Crippen LogP contribution in [-0.2, 0) is 13.5 Å². The Morgan fingerprint density at radius 2 is 2.29 bits per heavy atom. The summed E-state index contributed by atoms with van der Waals surface area (Å²) in [5.74, 6) is 0. The molecule has 0 aliphatic heterocycles. The zero-order valence-electron chi connectivity index (χ0n) is 9.27. The second-order valence-electron chi connectivity index (χ2n) is 3.86. The van der Waals surface area contributed by atoms with Gasteiger partial charge in [0, 0.05) is 35.2 Å². The molecule has 1 atom stereocenters. The summed E-state index contributed by atoms with van der Waals surface area (Å²) in [7, 11) is 1.83. The Morgan fingerprint density at radius 3 is 2.94 bits per heavy atom. The van der Waals surface area contributed by atoms with E-state index in [-0.39, 0.29) is 6.04 Å². The molecule has 1 unspecified atom stereocenters. The third-order valence-electron chi connectivity index (χ3n) is 2.44. The quantitative estimate of drug-likeness (QED) is 0.946. The first-order valence-electron chi connectivity index (χ1n) is 5.12. The van der Waals surface area contributed by atoms with Crippen molar-refractivity contribution in [2.75, 3.05) is 0 Å². The van der Waals surface area contributed by atoms with Crippen LogP contribution in [0, 0.1) is 0 Å². The predicted molar refractivity (Wildman–Crippen MR) is 70.8 cm³/mol. The molecule has 0 amide bonds. The van der Waals surface area contributed by atoms with Crippen LogP contribution in [0.4, 0.5) is 0 Å². The van der Waals surface area contributed by atoms with Crippen molar-refractivity contribution >= 4 is 27.5 Å². The maximum absolute atomic E-state index is 6.14. The summed E-state index contributed by atoms with van der Waals surface area (Å²) in [4.78, 5) is 0. The van der Waals surface area contributed by atoms with E-state index in [1.165, 1.54) is 0 Å². The first-order chi connectivity index (χ1) is 8.06. The molecule has 2 aromatic rings. The van der Waals surface area contributed by atoms with E-state index in [4.69, 9.17) is 17.3 Å². The minimum Gasteiger partial charge on any atom is -0.324 e. The third kappa shape index (κ3) is 3.06. The number of aryl methyl sites for hydroxylation is 1. The van der Waals surface area contributed by atoms with Crippen LogP contribution < -0.4 is 5.73 Å². The monoisotopic (exact) mass is 314 g/mol. The van der Waals surface area contributed by atoms with Crippen LogP contribution in [-0.4, -0.2) is 15.0 Å². The lowest BCUT2D eigenvalue weighted by atomic mass is 10.0. The van der Waals surface area contributed by atoms with Crippen molar-refractivity contribution in [1.82, 2.24) is 15.0 Å². The minimum atomic E-state index is -0.153. The van der Waals surface area contributed by atoms with Gasteiger partial charge < -0.3 is 5.73 Å². The topological polar surface area (TPSA) is 56.7 Å². The van der Waals surface area contributed by atoms with Crippen LogP contribution >= 0.6 is 27.5 Å². The normalized spacial score (nSPS) is 12.7. The Morgan fingerprint density at radius 1 is 1.53 bits per heavy atom. The number of nitrogens with two attached hydrogens (primary N) is 1. The highest BCUT2D eigenvalue weighted by Gasteiger charge is 2.13. The van der Waals surface area contributed by atoms with E-state index in [9.17, 15) is 0 Å². The Kier molecular flexibility index (Phi) is 3.81. The summed E-state index contributed by atoms with van der Waals surface area (Å²) in [6.07, 6.45) is 2.49. The third-order valence-corrected chi connectivity index (χ3v) is 3.39. The van der Waals surface area contributed by atoms with Gasteiger partial charge in [0.25, 0.3) is 0 Å². The summed E-state index contributed by atoms with van der Waals surface area (Å²) in [6, 6.07) is 5.44. The lowest BCUT2D eigenvalue weighted by Crippen LogP contribution is -2.14. The number of halogens is 2. The van der Waals surface area contributed by atoms with Crippen LogP contribution in [0.15, 0.2) is 28.9 Å². The van der Waals surface area contributed by atoms with Crippen LogP contribution in [0.5, 0.6) is 0 Å². The van der Waals surface area contributed by atoms with E-state index < -0.39 is 0 Å². The van der Waals surface area contributed by atoms with Gasteiger partial charge >= 0.3 is 0 Å². The predicted octanol–water partition coefficient (Wildman–Crippen LogP) is 2.47. The van der Waals surface area contributed by atoms with Crippen LogP contribution in [0.1, 0.15) is 17.3 Å². The molecule has 1 aromatic carbocycles. The van der Waals surface area contributed by atoms with Gasteiger partial charge in [0.15, 0.2) is 0 Å². The first-order valence-corrected chi connectivity index (χ1v) is 6.29. The summed E-state index contributed by atoms with van der Waals surface area (Å²) in [6.45, 7) is 0. The molecule has 0 saturated carbocycles. The smallest absolute Gasteiger partial charge is 0.0845 e. The number of rotatable bonds is 3. The number of hydrogen-bond acceptors (Lipinski definition) is 3. The molecular formula is C11H12BrClN4. The summed E-state index contributed by atoms with van der Waals surface area (Å²) in [5, 5.41) is 8.57. The molecule has 0 fully saturated rings. The fourth-order valence-electron chi connectivity index (χ4n) is 1.62. The molecule has 1 heterocycles. The average Bonchev–Trinajstić information content (AvgIpc) is 2.67. The highest BCUT2D eigenvalue weighted by molar-refractivity contribution is 9.10. The van der Waals surface area contributed by atoms with E-state index in [1.807, 2.05) is 31.4 Å². The molecule has 0 radical (unpaired) electrons. The van der Waals surface area contributed by atoms with Crippen molar-refractivity contribution in [1.29, 1.82) is 0 Å². The lowest BCUT2D eigenvalue weighted by Gasteiger charge is -2.12. The molecule has 1 aromatic heterocycles. The fraction of sp³-hybridized carbons (Fsp3) is 0.273. The highest BCUT2D eigenvalue weighted by Crippen LogP contribution is 2.27. The van der Waals surface area contributed by atoms with Crippen molar-refractivity contribution in [3.05, 3.63) is 45.1 Å². The van der Waals surface area contributed by atoms with Gasteiger partial charge in [0.2, 0.25) is 0 Å². The second kappa shape index (κ2) is 5.16. The van der Waals surface area contributed by atoms with Crippen molar-refractivity contribution < 1.29 is 0 Å². The number of benzene rings is 1. The number of aromatic nitrogens is 3. The van der Waals surface area contributed by atoms with E-state index in [0.717, 1.165) is 15.7 Å². The SMILES string of the molecule is Cn1cc(CC(N)c2cc(Cl)ccc2Br)nn1. The van der Waals surface area contributed by atoms with E-state index in [1.54, 1.807) is 4.68 Å². The molecular weight excluding hydrogens is 304 g/mol. The maximum atomic E-state index is 6.14. The van der Waals surface area contributed by atoms with Gasteiger partial charge in [-0.25, -0.2) is 0 Å². The molecule has 0 bridgehead atoms. The van der Waals surface area contributed by atoms with E-state index >= 15 is 0 Å². The Balaban J connectivity index is 2.19. The molecule has 2 rings (SSSR count). The van der Waals surface area contributed by atoms with Crippen LogP contribution in [0.3, 0.4) is 0 Å². The van der Waals surface area contributed by atoms with Gasteiger partial charge in [0.05, 0.1) is 5.69 Å². The molecule has 6 heteroatoms. The Labute approximate surface area is 113 Å². The summed E-state index contributed by atoms with van der Waals surface area (Å²) < 4.78 is 2.62. The van der Waals surface area contributed by atoms with Gasteiger partial charge in [0.1, 0.15) is 0 Å². The number of hydrogen-bond donors (Lipinski definition) is 1. The minimum absolute atomic E-state index is 0.153. The Hall–Kier alpha value is -0.910. The van der Waals surface area contributed by atoms with Gasteiger partial charge in [-0.2, -0.15) is 0 Å². The molecule has 90 valence electrons. The molecule has 4 nitrogen and oxygen atoms in total. The lowest BCUT2D eigenvalue weighted by molar-refractivity contribution is 0.692. The van der Waals surface area contributed by atoms with Crippen LogP contribution in [0.25, 0.3) is 0 Å². The molecule has 0 saturated heterocycles. The molecule has 0 aliphatic rings. The van der Waals surface area contributed by atoms with E-state index in [0.29, 0.717) is 11.4 Å².